The molecule has 1 saturated heterocycles. The number of hydrogen-bond acceptors (Lipinski definition) is 6. The van der Waals surface area contributed by atoms with E-state index in [-0.39, 0.29) is 29.9 Å². The van der Waals surface area contributed by atoms with E-state index in [0.717, 1.165) is 25.9 Å². The number of rotatable bonds is 6. The van der Waals surface area contributed by atoms with E-state index in [1.54, 1.807) is 35.3 Å². The number of ether oxygens (including phenoxy) is 1. The molecule has 150 valence electrons. The molecule has 29 heavy (non-hydrogen) atoms. The van der Waals surface area contributed by atoms with Gasteiger partial charge in [-0.15, -0.1) is 5.10 Å². The van der Waals surface area contributed by atoms with Crippen LogP contribution in [0.4, 0.5) is 4.39 Å². The molecular weight excluding hydrogens is 375 g/mol. The Bertz CT molecular complexity index is 972. The number of hydrogen-bond donors (Lipinski definition) is 2. The quantitative estimate of drug-likeness (QED) is 0.665. The zero-order valence-electron chi connectivity index (χ0n) is 15.7. The molecule has 2 N–H and O–H groups in total. The molecule has 3 heterocycles. The second kappa shape index (κ2) is 8.78. The van der Waals surface area contributed by atoms with Crippen LogP contribution in [0.15, 0.2) is 48.9 Å². The number of carbonyl (C=O) groups is 1. The molecule has 2 aromatic heterocycles. The highest BCUT2D eigenvalue weighted by Gasteiger charge is 2.18. The summed E-state index contributed by atoms with van der Waals surface area (Å²) in [5.41, 5.74) is 0.862. The summed E-state index contributed by atoms with van der Waals surface area (Å²) in [6.45, 7) is 2.03. The van der Waals surface area contributed by atoms with Gasteiger partial charge in [0.15, 0.2) is 17.3 Å². The number of halogens is 1. The second-order valence-corrected chi connectivity index (χ2v) is 6.80. The number of amides is 1. The van der Waals surface area contributed by atoms with Crippen LogP contribution in [0, 0.1) is 5.82 Å². The molecule has 0 spiro atoms. The van der Waals surface area contributed by atoms with E-state index >= 15 is 0 Å². The van der Waals surface area contributed by atoms with Crippen LogP contribution < -0.4 is 15.4 Å². The molecule has 1 aliphatic rings. The Morgan fingerprint density at radius 3 is 2.93 bits per heavy atom. The fourth-order valence-corrected chi connectivity index (χ4v) is 3.17. The van der Waals surface area contributed by atoms with Crippen molar-refractivity contribution < 1.29 is 13.9 Å². The van der Waals surface area contributed by atoms with Crippen molar-refractivity contribution in [3.8, 4) is 11.5 Å². The van der Waals surface area contributed by atoms with Crippen molar-refractivity contribution in [3.05, 3.63) is 66.0 Å². The lowest BCUT2D eigenvalue weighted by Crippen LogP contribution is -2.29. The molecule has 0 bridgehead atoms. The zero-order valence-corrected chi connectivity index (χ0v) is 15.7. The van der Waals surface area contributed by atoms with Crippen molar-refractivity contribution in [1.82, 2.24) is 30.6 Å². The van der Waals surface area contributed by atoms with Crippen LogP contribution in [-0.2, 0) is 6.54 Å². The summed E-state index contributed by atoms with van der Waals surface area (Å²) < 4.78 is 21.5. The summed E-state index contributed by atoms with van der Waals surface area (Å²) in [5.74, 6) is -0.319. The van der Waals surface area contributed by atoms with Gasteiger partial charge in [0.1, 0.15) is 5.75 Å². The first-order valence-electron chi connectivity index (χ1n) is 9.46. The minimum Gasteiger partial charge on any atom is -0.453 e. The average Bonchev–Trinajstić information content (AvgIpc) is 3.26. The molecule has 1 aliphatic heterocycles. The Hall–Kier alpha value is -3.33. The summed E-state index contributed by atoms with van der Waals surface area (Å²) in [6, 6.07) is 8.21. The molecule has 0 unspecified atom stereocenters. The van der Waals surface area contributed by atoms with E-state index in [1.807, 2.05) is 0 Å². The van der Waals surface area contributed by atoms with E-state index in [2.05, 4.69) is 25.9 Å². The second-order valence-electron chi connectivity index (χ2n) is 6.80. The molecule has 1 aromatic carbocycles. The van der Waals surface area contributed by atoms with Crippen molar-refractivity contribution in [2.45, 2.75) is 25.4 Å². The number of nitrogens with one attached hydrogen (secondary N) is 2. The van der Waals surface area contributed by atoms with Crippen LogP contribution in [0.25, 0.3) is 0 Å². The van der Waals surface area contributed by atoms with E-state index in [4.69, 9.17) is 4.74 Å². The van der Waals surface area contributed by atoms with E-state index in [9.17, 15) is 9.18 Å². The zero-order chi connectivity index (χ0) is 20.1. The predicted molar refractivity (Wildman–Crippen MR) is 103 cm³/mol. The maximum Gasteiger partial charge on any atom is 0.273 e. The van der Waals surface area contributed by atoms with Crippen LogP contribution in [0.1, 0.15) is 34.9 Å². The molecule has 8 nitrogen and oxygen atoms in total. The number of pyridine rings is 1. The first-order chi connectivity index (χ1) is 14.2. The first-order valence-corrected chi connectivity index (χ1v) is 9.46. The molecule has 3 aromatic rings. The maximum absolute atomic E-state index is 14.3. The molecule has 0 saturated carbocycles. The van der Waals surface area contributed by atoms with Gasteiger partial charge in [0.05, 0.1) is 18.4 Å². The largest absolute Gasteiger partial charge is 0.453 e. The predicted octanol–water partition coefficient (Wildman–Crippen LogP) is 2.46. The smallest absolute Gasteiger partial charge is 0.273 e. The number of benzene rings is 1. The van der Waals surface area contributed by atoms with Crippen molar-refractivity contribution >= 4 is 5.91 Å². The van der Waals surface area contributed by atoms with Gasteiger partial charge in [-0.25, -0.2) is 9.07 Å². The summed E-state index contributed by atoms with van der Waals surface area (Å²) >= 11 is 0. The first kappa shape index (κ1) is 19.0. The number of carbonyl (C=O) groups excluding carboxylic acids is 1. The van der Waals surface area contributed by atoms with Crippen LogP contribution in [0.5, 0.6) is 11.5 Å². The average molecular weight is 396 g/mol. The van der Waals surface area contributed by atoms with Crippen molar-refractivity contribution in [3.63, 3.8) is 0 Å². The van der Waals surface area contributed by atoms with Gasteiger partial charge in [0, 0.05) is 12.7 Å². The topological polar surface area (TPSA) is 94.0 Å². The monoisotopic (exact) mass is 396 g/mol. The molecule has 1 amide bonds. The Morgan fingerprint density at radius 2 is 2.17 bits per heavy atom. The van der Waals surface area contributed by atoms with E-state index in [0.29, 0.717) is 11.3 Å². The third kappa shape index (κ3) is 4.75. The number of piperidine rings is 1. The fraction of sp³-hybridized carbons (Fsp3) is 0.300. The summed E-state index contributed by atoms with van der Waals surface area (Å²) in [5, 5.41) is 14.1. The number of nitrogens with zero attached hydrogens (tertiary/aromatic N) is 4. The molecule has 0 atom stereocenters. The standard InChI is InChI=1S/C20H21FN6O2/c21-17-10-14(3-4-19(17)29-16-2-1-7-23-12-16)11-24-20(28)18-13-27(26-25-18)15-5-8-22-9-6-15/h1-4,7,10,12-13,15,22H,5-6,8-9,11H2,(H,24,28). The van der Waals surface area contributed by atoms with Crippen LogP contribution in [0.2, 0.25) is 0 Å². The molecule has 0 radical (unpaired) electrons. The number of aromatic nitrogens is 4. The van der Waals surface area contributed by atoms with Crippen molar-refractivity contribution in [1.29, 1.82) is 0 Å². The summed E-state index contributed by atoms with van der Waals surface area (Å²) in [6.07, 6.45) is 6.69. The molecule has 1 fully saturated rings. The Labute approximate surface area is 167 Å². The third-order valence-electron chi connectivity index (χ3n) is 4.74. The van der Waals surface area contributed by atoms with Gasteiger partial charge in [-0.3, -0.25) is 9.78 Å². The van der Waals surface area contributed by atoms with Crippen LogP contribution in [0.3, 0.4) is 0 Å². The van der Waals surface area contributed by atoms with Crippen molar-refractivity contribution in [2.24, 2.45) is 0 Å². The van der Waals surface area contributed by atoms with Gasteiger partial charge >= 0.3 is 0 Å². The van der Waals surface area contributed by atoms with Gasteiger partial charge < -0.3 is 15.4 Å². The van der Waals surface area contributed by atoms with Crippen LogP contribution in [-0.4, -0.2) is 39.0 Å². The van der Waals surface area contributed by atoms with Gasteiger partial charge in [0.25, 0.3) is 5.91 Å². The molecule has 0 aliphatic carbocycles. The molecule has 9 heteroatoms. The molecular formula is C20H21FN6O2. The Kier molecular flexibility index (Phi) is 5.76. The van der Waals surface area contributed by atoms with Crippen LogP contribution >= 0.6 is 0 Å². The maximum atomic E-state index is 14.3. The normalized spacial score (nSPS) is 14.5. The molecule has 4 rings (SSSR count). The fourth-order valence-electron chi connectivity index (χ4n) is 3.17. The third-order valence-corrected chi connectivity index (χ3v) is 4.74. The van der Waals surface area contributed by atoms with Gasteiger partial charge in [-0.2, -0.15) is 0 Å². The SMILES string of the molecule is O=C(NCc1ccc(Oc2cccnc2)c(F)c1)c1cn(C2CCNCC2)nn1. The van der Waals surface area contributed by atoms with E-state index < -0.39 is 5.82 Å². The van der Waals surface area contributed by atoms with Gasteiger partial charge in [0.2, 0.25) is 0 Å². The van der Waals surface area contributed by atoms with Gasteiger partial charge in [-0.05, 0) is 55.8 Å². The summed E-state index contributed by atoms with van der Waals surface area (Å²) in [7, 11) is 0. The summed E-state index contributed by atoms with van der Waals surface area (Å²) in [4.78, 5) is 16.3. The highest BCUT2D eigenvalue weighted by atomic mass is 19.1. The highest BCUT2D eigenvalue weighted by molar-refractivity contribution is 5.91. The van der Waals surface area contributed by atoms with E-state index in [1.165, 1.54) is 18.3 Å². The lowest BCUT2D eigenvalue weighted by Gasteiger charge is -2.22. The Balaban J connectivity index is 1.34. The Morgan fingerprint density at radius 1 is 1.31 bits per heavy atom. The lowest BCUT2D eigenvalue weighted by atomic mass is 10.1. The van der Waals surface area contributed by atoms with Gasteiger partial charge in [-0.1, -0.05) is 11.3 Å². The highest BCUT2D eigenvalue weighted by Crippen LogP contribution is 2.24. The minimum absolute atomic E-state index is 0.0954. The lowest BCUT2D eigenvalue weighted by molar-refractivity contribution is 0.0945. The minimum atomic E-state index is -0.516. The van der Waals surface area contributed by atoms with Crippen molar-refractivity contribution in [2.75, 3.05) is 13.1 Å².